The number of nitrogens with one attached hydrogen (secondary N) is 1. The summed E-state index contributed by atoms with van der Waals surface area (Å²) in [7, 11) is 0. The van der Waals surface area contributed by atoms with Crippen LogP contribution in [0.15, 0.2) is 48.5 Å². The van der Waals surface area contributed by atoms with Crippen molar-refractivity contribution in [3.05, 3.63) is 59.9 Å². The molecular weight excluding hydrogens is 385 g/mol. The second-order valence-electron chi connectivity index (χ2n) is 7.92. The maximum absolute atomic E-state index is 13.4. The van der Waals surface area contributed by atoms with Crippen molar-refractivity contribution >= 4 is 29.2 Å². The second-order valence-corrected chi connectivity index (χ2v) is 7.92. The minimum atomic E-state index is -0.865. The number of amides is 4. The first-order chi connectivity index (χ1) is 14.4. The largest absolute Gasteiger partial charge is 0.332 e. The van der Waals surface area contributed by atoms with Crippen molar-refractivity contribution in [2.45, 2.75) is 51.1 Å². The summed E-state index contributed by atoms with van der Waals surface area (Å²) in [6, 6.07) is 11.5. The SMILES string of the molecule is Cc1ccc(N2C(=O)[C@@H](CC(=O)Nc3cccc(F)c3)N(C3CCCC3)C2=O)cc1. The van der Waals surface area contributed by atoms with Crippen molar-refractivity contribution in [1.29, 1.82) is 0 Å². The van der Waals surface area contributed by atoms with Crippen molar-refractivity contribution in [3.8, 4) is 0 Å². The molecule has 0 radical (unpaired) electrons. The number of carbonyl (C=O) groups is 3. The quantitative estimate of drug-likeness (QED) is 0.751. The van der Waals surface area contributed by atoms with Crippen LogP contribution in [0.25, 0.3) is 0 Å². The molecule has 30 heavy (non-hydrogen) atoms. The van der Waals surface area contributed by atoms with E-state index in [0.717, 1.165) is 31.2 Å². The van der Waals surface area contributed by atoms with Crippen LogP contribution in [0.5, 0.6) is 0 Å². The van der Waals surface area contributed by atoms with Crippen molar-refractivity contribution < 1.29 is 18.8 Å². The molecule has 0 bridgehead atoms. The number of imide groups is 1. The number of benzene rings is 2. The van der Waals surface area contributed by atoms with Gasteiger partial charge in [0.05, 0.1) is 12.1 Å². The third kappa shape index (κ3) is 3.92. The van der Waals surface area contributed by atoms with Crippen LogP contribution >= 0.6 is 0 Å². The summed E-state index contributed by atoms with van der Waals surface area (Å²) in [6.45, 7) is 1.93. The summed E-state index contributed by atoms with van der Waals surface area (Å²) in [5, 5.41) is 2.63. The molecule has 6 nitrogen and oxygen atoms in total. The van der Waals surface area contributed by atoms with Crippen molar-refractivity contribution in [2.24, 2.45) is 0 Å². The molecule has 1 saturated heterocycles. The minimum absolute atomic E-state index is 0.0520. The van der Waals surface area contributed by atoms with Crippen LogP contribution in [0.2, 0.25) is 0 Å². The molecule has 1 heterocycles. The van der Waals surface area contributed by atoms with E-state index >= 15 is 0 Å². The van der Waals surface area contributed by atoms with E-state index in [4.69, 9.17) is 0 Å². The Bertz CT molecular complexity index is 970. The van der Waals surface area contributed by atoms with E-state index in [2.05, 4.69) is 5.32 Å². The highest BCUT2D eigenvalue weighted by molar-refractivity contribution is 6.22. The number of carbonyl (C=O) groups excluding carboxylic acids is 3. The molecule has 2 aliphatic rings. The monoisotopic (exact) mass is 409 g/mol. The number of anilines is 2. The average molecular weight is 409 g/mol. The molecule has 4 amide bonds. The summed E-state index contributed by atoms with van der Waals surface area (Å²) in [5.41, 5.74) is 1.85. The van der Waals surface area contributed by atoms with Crippen molar-refractivity contribution in [2.75, 3.05) is 10.2 Å². The molecule has 2 fully saturated rings. The second kappa shape index (κ2) is 8.26. The Labute approximate surface area is 174 Å². The Balaban J connectivity index is 1.58. The standard InChI is InChI=1S/C23H24FN3O3/c1-15-9-11-19(12-10-15)27-22(29)20(26(23(27)30)18-7-2-3-8-18)14-21(28)25-17-6-4-5-16(24)13-17/h4-6,9-13,18,20H,2-3,7-8,14H2,1H3,(H,25,28)/t20-/m1/s1. The van der Waals surface area contributed by atoms with Crippen molar-refractivity contribution in [3.63, 3.8) is 0 Å². The predicted molar refractivity (Wildman–Crippen MR) is 112 cm³/mol. The summed E-state index contributed by atoms with van der Waals surface area (Å²) >= 11 is 0. The van der Waals surface area contributed by atoms with Gasteiger partial charge in [0, 0.05) is 11.7 Å². The molecule has 1 atom stereocenters. The third-order valence-corrected chi connectivity index (χ3v) is 5.75. The van der Waals surface area contributed by atoms with Gasteiger partial charge in [-0.25, -0.2) is 14.1 Å². The number of hydrogen-bond acceptors (Lipinski definition) is 3. The predicted octanol–water partition coefficient (Wildman–Crippen LogP) is 4.24. The van der Waals surface area contributed by atoms with E-state index in [1.54, 1.807) is 23.1 Å². The molecule has 2 aromatic carbocycles. The molecule has 1 aliphatic carbocycles. The van der Waals surface area contributed by atoms with Gasteiger partial charge in [-0.1, -0.05) is 36.6 Å². The summed E-state index contributed by atoms with van der Waals surface area (Å²) < 4.78 is 13.4. The van der Waals surface area contributed by atoms with E-state index in [1.807, 2.05) is 19.1 Å². The van der Waals surface area contributed by atoms with Gasteiger partial charge in [-0.15, -0.1) is 0 Å². The third-order valence-electron chi connectivity index (χ3n) is 5.75. The van der Waals surface area contributed by atoms with Crippen LogP contribution in [0, 0.1) is 12.7 Å². The summed E-state index contributed by atoms with van der Waals surface area (Å²) in [5.74, 6) is -1.29. The van der Waals surface area contributed by atoms with Gasteiger partial charge in [0.1, 0.15) is 11.9 Å². The summed E-state index contributed by atoms with van der Waals surface area (Å²) in [6.07, 6.45) is 3.47. The van der Waals surface area contributed by atoms with E-state index in [1.165, 1.54) is 23.1 Å². The summed E-state index contributed by atoms with van der Waals surface area (Å²) in [4.78, 5) is 41.9. The van der Waals surface area contributed by atoms with Gasteiger partial charge in [-0.05, 0) is 50.1 Å². The van der Waals surface area contributed by atoms with Crippen LogP contribution in [-0.4, -0.2) is 34.8 Å². The van der Waals surface area contributed by atoms with Crippen LogP contribution in [0.3, 0.4) is 0 Å². The smallest absolute Gasteiger partial charge is 0.326 e. The number of rotatable bonds is 5. The lowest BCUT2D eigenvalue weighted by molar-refractivity contribution is -0.124. The maximum atomic E-state index is 13.4. The van der Waals surface area contributed by atoms with E-state index in [9.17, 15) is 18.8 Å². The van der Waals surface area contributed by atoms with E-state index in [0.29, 0.717) is 11.4 Å². The van der Waals surface area contributed by atoms with E-state index in [-0.39, 0.29) is 18.5 Å². The lowest BCUT2D eigenvalue weighted by Crippen LogP contribution is -2.43. The van der Waals surface area contributed by atoms with E-state index < -0.39 is 23.7 Å². The zero-order chi connectivity index (χ0) is 21.3. The lowest BCUT2D eigenvalue weighted by Gasteiger charge is -2.27. The molecule has 1 aliphatic heterocycles. The number of halogens is 1. The Kier molecular flexibility index (Phi) is 5.53. The molecule has 7 heteroatoms. The molecule has 0 unspecified atom stereocenters. The molecule has 156 valence electrons. The van der Waals surface area contributed by atoms with Gasteiger partial charge in [0.25, 0.3) is 5.91 Å². The van der Waals surface area contributed by atoms with Gasteiger partial charge in [0.15, 0.2) is 0 Å². The molecular formula is C23H24FN3O3. The van der Waals surface area contributed by atoms with Crippen LogP contribution in [-0.2, 0) is 9.59 Å². The number of urea groups is 1. The first-order valence-corrected chi connectivity index (χ1v) is 10.2. The topological polar surface area (TPSA) is 69.7 Å². The van der Waals surface area contributed by atoms with Crippen LogP contribution < -0.4 is 10.2 Å². The maximum Gasteiger partial charge on any atom is 0.332 e. The first kappa shape index (κ1) is 20.1. The van der Waals surface area contributed by atoms with Gasteiger partial charge < -0.3 is 10.2 Å². The number of hydrogen-bond donors (Lipinski definition) is 1. The fourth-order valence-corrected chi connectivity index (χ4v) is 4.28. The molecule has 0 spiro atoms. The van der Waals surface area contributed by atoms with Crippen molar-refractivity contribution in [1.82, 2.24) is 4.90 Å². The molecule has 4 rings (SSSR count). The Morgan fingerprint density at radius 2 is 1.80 bits per heavy atom. The van der Waals surface area contributed by atoms with Gasteiger partial charge in [-0.3, -0.25) is 9.59 Å². The minimum Gasteiger partial charge on any atom is -0.326 e. The van der Waals surface area contributed by atoms with Gasteiger partial charge >= 0.3 is 6.03 Å². The fraction of sp³-hybridized carbons (Fsp3) is 0.348. The molecule has 1 saturated carbocycles. The lowest BCUT2D eigenvalue weighted by atomic mass is 10.1. The highest BCUT2D eigenvalue weighted by atomic mass is 19.1. The zero-order valence-electron chi connectivity index (χ0n) is 16.8. The zero-order valence-corrected chi connectivity index (χ0v) is 16.8. The fourth-order valence-electron chi connectivity index (χ4n) is 4.28. The first-order valence-electron chi connectivity index (χ1n) is 10.2. The average Bonchev–Trinajstić information content (AvgIpc) is 3.30. The Morgan fingerprint density at radius 3 is 2.47 bits per heavy atom. The highest BCUT2D eigenvalue weighted by Gasteiger charge is 2.49. The van der Waals surface area contributed by atoms with Crippen LogP contribution in [0.4, 0.5) is 20.6 Å². The normalized spacial score (nSPS) is 19.6. The Morgan fingerprint density at radius 1 is 1.10 bits per heavy atom. The molecule has 1 N–H and O–H groups in total. The Hall–Kier alpha value is -3.22. The number of aryl methyl sites for hydroxylation is 1. The van der Waals surface area contributed by atoms with Gasteiger partial charge in [-0.2, -0.15) is 0 Å². The molecule has 0 aromatic heterocycles. The highest BCUT2D eigenvalue weighted by Crippen LogP contribution is 2.34. The van der Waals surface area contributed by atoms with Crippen LogP contribution in [0.1, 0.15) is 37.7 Å². The number of nitrogens with zero attached hydrogens (tertiary/aromatic N) is 2. The molecule has 2 aromatic rings. The van der Waals surface area contributed by atoms with Gasteiger partial charge in [0.2, 0.25) is 5.91 Å².